The lowest BCUT2D eigenvalue weighted by Crippen LogP contribution is -2.38. The Hall–Kier alpha value is -2.29. The first kappa shape index (κ1) is 19.5. The van der Waals surface area contributed by atoms with Crippen LogP contribution < -0.4 is 10.1 Å². The van der Waals surface area contributed by atoms with E-state index in [1.165, 1.54) is 41.5 Å². The average molecular weight is 366 g/mol. The minimum Gasteiger partial charge on any atom is -0.481 e. The third-order valence-electron chi connectivity index (χ3n) is 5.50. The predicted molar refractivity (Wildman–Crippen MR) is 110 cm³/mol. The Morgan fingerprint density at radius 1 is 1.07 bits per heavy atom. The smallest absolute Gasteiger partial charge is 0.261 e. The maximum absolute atomic E-state index is 12.7. The summed E-state index contributed by atoms with van der Waals surface area (Å²) >= 11 is 0. The van der Waals surface area contributed by atoms with Gasteiger partial charge in [0, 0.05) is 0 Å². The Labute approximate surface area is 163 Å². The van der Waals surface area contributed by atoms with Crippen LogP contribution >= 0.6 is 0 Å². The number of benzene rings is 2. The summed E-state index contributed by atoms with van der Waals surface area (Å²) in [6.45, 7) is 7.99. The molecule has 2 atom stereocenters. The Morgan fingerprint density at radius 2 is 1.81 bits per heavy atom. The highest BCUT2D eigenvalue weighted by atomic mass is 16.5. The van der Waals surface area contributed by atoms with Crippen LogP contribution in [0.2, 0.25) is 0 Å². The van der Waals surface area contributed by atoms with E-state index >= 15 is 0 Å². The first-order valence-electron chi connectivity index (χ1n) is 10.1. The van der Waals surface area contributed by atoms with Gasteiger partial charge in [0.05, 0.1) is 6.04 Å². The second-order valence-corrected chi connectivity index (χ2v) is 7.73. The SMILES string of the molecule is CC[C@@H](NC(=O)[C@H](C)Oc1ccc(C)cc1C)c1ccc2c(c1)CCCC2. The minimum atomic E-state index is -0.530. The largest absolute Gasteiger partial charge is 0.481 e. The van der Waals surface area contributed by atoms with E-state index in [1.54, 1.807) is 0 Å². The fraction of sp³-hybridized carbons (Fsp3) is 0.458. The van der Waals surface area contributed by atoms with E-state index < -0.39 is 6.10 Å². The molecule has 2 aromatic rings. The number of nitrogens with one attached hydrogen (secondary N) is 1. The van der Waals surface area contributed by atoms with Crippen molar-refractivity contribution < 1.29 is 9.53 Å². The summed E-state index contributed by atoms with van der Waals surface area (Å²) < 4.78 is 5.92. The molecule has 0 saturated heterocycles. The van der Waals surface area contributed by atoms with E-state index in [4.69, 9.17) is 4.74 Å². The number of aryl methyl sites for hydroxylation is 4. The third-order valence-corrected chi connectivity index (χ3v) is 5.50. The maximum atomic E-state index is 12.7. The Bertz CT molecular complexity index is 812. The zero-order valence-electron chi connectivity index (χ0n) is 17.0. The van der Waals surface area contributed by atoms with Crippen molar-refractivity contribution in [3.63, 3.8) is 0 Å². The van der Waals surface area contributed by atoms with Crippen LogP contribution in [-0.2, 0) is 17.6 Å². The maximum Gasteiger partial charge on any atom is 0.261 e. The summed E-state index contributed by atoms with van der Waals surface area (Å²) in [5, 5.41) is 3.18. The standard InChI is InChI=1S/C24H31NO2/c1-5-22(21-12-11-19-8-6-7-9-20(19)15-21)25-24(26)18(4)27-23-13-10-16(2)14-17(23)3/h10-15,18,22H,5-9H2,1-4H3,(H,25,26)/t18-,22+/m0/s1. The molecule has 1 amide bonds. The molecule has 0 aliphatic heterocycles. The highest BCUT2D eigenvalue weighted by molar-refractivity contribution is 5.81. The number of carbonyl (C=O) groups excluding carboxylic acids is 1. The lowest BCUT2D eigenvalue weighted by atomic mass is 9.89. The van der Waals surface area contributed by atoms with Crippen molar-refractivity contribution in [3.8, 4) is 5.75 Å². The second-order valence-electron chi connectivity index (χ2n) is 7.73. The number of hydrogen-bond donors (Lipinski definition) is 1. The topological polar surface area (TPSA) is 38.3 Å². The third kappa shape index (κ3) is 4.71. The van der Waals surface area contributed by atoms with Crippen LogP contribution in [-0.4, -0.2) is 12.0 Å². The number of rotatable bonds is 6. The molecule has 0 saturated carbocycles. The molecule has 0 aromatic heterocycles. The molecule has 0 fully saturated rings. The van der Waals surface area contributed by atoms with E-state index in [2.05, 4.69) is 43.4 Å². The Balaban J connectivity index is 1.67. The van der Waals surface area contributed by atoms with Crippen LogP contribution in [0.25, 0.3) is 0 Å². The average Bonchev–Trinajstić information content (AvgIpc) is 2.67. The van der Waals surface area contributed by atoms with Gasteiger partial charge in [-0.05, 0) is 81.2 Å². The summed E-state index contributed by atoms with van der Waals surface area (Å²) in [6, 6.07) is 12.8. The van der Waals surface area contributed by atoms with Crippen LogP contribution in [0.4, 0.5) is 0 Å². The van der Waals surface area contributed by atoms with E-state index in [0.717, 1.165) is 24.2 Å². The first-order valence-corrected chi connectivity index (χ1v) is 10.1. The second kappa shape index (κ2) is 8.60. The van der Waals surface area contributed by atoms with Gasteiger partial charge in [0.25, 0.3) is 5.91 Å². The molecule has 0 unspecified atom stereocenters. The van der Waals surface area contributed by atoms with Crippen LogP contribution in [0.5, 0.6) is 5.75 Å². The normalized spacial score (nSPS) is 15.6. The molecule has 2 aromatic carbocycles. The molecule has 1 aliphatic carbocycles. The van der Waals surface area contributed by atoms with Crippen molar-refractivity contribution in [3.05, 3.63) is 64.2 Å². The molecule has 0 spiro atoms. The Kier molecular flexibility index (Phi) is 6.20. The van der Waals surface area contributed by atoms with Gasteiger partial charge in [-0.2, -0.15) is 0 Å². The van der Waals surface area contributed by atoms with Crippen LogP contribution in [0.3, 0.4) is 0 Å². The molecule has 3 heteroatoms. The molecule has 144 valence electrons. The van der Waals surface area contributed by atoms with Gasteiger partial charge in [-0.1, -0.05) is 42.8 Å². The van der Waals surface area contributed by atoms with Crippen molar-refractivity contribution in [1.29, 1.82) is 0 Å². The Morgan fingerprint density at radius 3 is 2.52 bits per heavy atom. The lowest BCUT2D eigenvalue weighted by Gasteiger charge is -2.23. The van der Waals surface area contributed by atoms with Gasteiger partial charge < -0.3 is 10.1 Å². The fourth-order valence-corrected chi connectivity index (χ4v) is 3.86. The van der Waals surface area contributed by atoms with Crippen molar-refractivity contribution in [2.75, 3.05) is 0 Å². The van der Waals surface area contributed by atoms with Gasteiger partial charge in [0.2, 0.25) is 0 Å². The summed E-state index contributed by atoms with van der Waals surface area (Å²) in [5.41, 5.74) is 6.36. The molecule has 1 aliphatic rings. The van der Waals surface area contributed by atoms with Gasteiger partial charge in [-0.3, -0.25) is 4.79 Å². The molecule has 3 nitrogen and oxygen atoms in total. The van der Waals surface area contributed by atoms with Crippen molar-refractivity contribution in [1.82, 2.24) is 5.32 Å². The van der Waals surface area contributed by atoms with Crippen molar-refractivity contribution in [2.45, 2.75) is 71.9 Å². The van der Waals surface area contributed by atoms with Gasteiger partial charge in [-0.15, -0.1) is 0 Å². The summed E-state index contributed by atoms with van der Waals surface area (Å²) in [4.78, 5) is 12.7. The van der Waals surface area contributed by atoms with Crippen LogP contribution in [0, 0.1) is 13.8 Å². The summed E-state index contributed by atoms with van der Waals surface area (Å²) in [7, 11) is 0. The zero-order chi connectivity index (χ0) is 19.4. The number of fused-ring (bicyclic) bond motifs is 1. The predicted octanol–water partition coefficient (Wildman–Crippen LogP) is 5.22. The van der Waals surface area contributed by atoms with Crippen molar-refractivity contribution in [2.24, 2.45) is 0 Å². The summed E-state index contributed by atoms with van der Waals surface area (Å²) in [6.07, 6.45) is 5.21. The van der Waals surface area contributed by atoms with Gasteiger partial charge in [-0.25, -0.2) is 0 Å². The fourth-order valence-electron chi connectivity index (χ4n) is 3.86. The van der Waals surface area contributed by atoms with Crippen LogP contribution in [0.1, 0.15) is 67.0 Å². The van der Waals surface area contributed by atoms with Gasteiger partial charge in [0.1, 0.15) is 5.75 Å². The number of ether oxygens (including phenoxy) is 1. The monoisotopic (exact) mass is 365 g/mol. The lowest BCUT2D eigenvalue weighted by molar-refractivity contribution is -0.128. The molecule has 0 heterocycles. The molecular formula is C24H31NO2. The quantitative estimate of drug-likeness (QED) is 0.762. The van der Waals surface area contributed by atoms with E-state index in [1.807, 2.05) is 26.0 Å². The summed E-state index contributed by atoms with van der Waals surface area (Å²) in [5.74, 6) is 0.699. The van der Waals surface area contributed by atoms with E-state index in [0.29, 0.717) is 0 Å². The first-order chi connectivity index (χ1) is 13.0. The molecular weight excluding hydrogens is 334 g/mol. The number of amides is 1. The molecule has 27 heavy (non-hydrogen) atoms. The molecule has 1 N–H and O–H groups in total. The highest BCUT2D eigenvalue weighted by Crippen LogP contribution is 2.26. The number of carbonyl (C=O) groups is 1. The molecule has 0 bridgehead atoms. The van der Waals surface area contributed by atoms with E-state index in [-0.39, 0.29) is 11.9 Å². The molecule has 3 rings (SSSR count). The van der Waals surface area contributed by atoms with Crippen LogP contribution in [0.15, 0.2) is 36.4 Å². The molecule has 0 radical (unpaired) electrons. The van der Waals surface area contributed by atoms with Gasteiger partial charge in [0.15, 0.2) is 6.10 Å². The minimum absolute atomic E-state index is 0.0230. The van der Waals surface area contributed by atoms with Crippen molar-refractivity contribution >= 4 is 5.91 Å². The van der Waals surface area contributed by atoms with E-state index in [9.17, 15) is 4.79 Å². The van der Waals surface area contributed by atoms with Gasteiger partial charge >= 0.3 is 0 Å². The zero-order valence-corrected chi connectivity index (χ0v) is 17.0. The highest BCUT2D eigenvalue weighted by Gasteiger charge is 2.21. The number of hydrogen-bond acceptors (Lipinski definition) is 2.